The van der Waals surface area contributed by atoms with E-state index in [0.717, 1.165) is 12.3 Å². The number of rotatable bonds is 5. The van der Waals surface area contributed by atoms with Crippen molar-refractivity contribution in [2.75, 3.05) is 17.7 Å². The smallest absolute Gasteiger partial charge is 0.310 e. The molecule has 10 heteroatoms. The van der Waals surface area contributed by atoms with E-state index in [2.05, 4.69) is 25.9 Å². The van der Waals surface area contributed by atoms with Gasteiger partial charge in [-0.2, -0.15) is 13.2 Å². The highest BCUT2D eigenvalue weighted by atomic mass is 79.9. The third kappa shape index (κ3) is 5.07. The predicted octanol–water partition coefficient (Wildman–Crippen LogP) is 5.79. The highest BCUT2D eigenvalue weighted by Crippen LogP contribution is 2.38. The molecule has 1 aromatic heterocycles. The number of anilines is 2. The maximum absolute atomic E-state index is 13.5. The number of benzene rings is 2. The molecule has 0 saturated carbocycles. The number of sulfone groups is 1. The van der Waals surface area contributed by atoms with Gasteiger partial charge in [-0.1, -0.05) is 18.2 Å². The molecule has 1 heterocycles. The first-order chi connectivity index (χ1) is 14.4. The van der Waals surface area contributed by atoms with Gasteiger partial charge in [0.15, 0.2) is 9.84 Å². The first-order valence-electron chi connectivity index (χ1n) is 9.21. The predicted molar refractivity (Wildman–Crippen MR) is 117 cm³/mol. The van der Waals surface area contributed by atoms with E-state index in [-0.39, 0.29) is 22.1 Å². The first kappa shape index (κ1) is 23.2. The molecule has 0 bridgehead atoms. The molecule has 5 nitrogen and oxygen atoms in total. The second-order valence-corrected chi connectivity index (χ2v) is 9.74. The molecule has 0 spiro atoms. The van der Waals surface area contributed by atoms with Crippen molar-refractivity contribution in [1.29, 1.82) is 0 Å². The Bertz CT molecular complexity index is 1230. The molecule has 0 N–H and O–H groups in total. The molecular weight excluding hydrogens is 495 g/mol. The van der Waals surface area contributed by atoms with Crippen LogP contribution < -0.4 is 4.90 Å². The quantitative estimate of drug-likeness (QED) is 0.431. The van der Waals surface area contributed by atoms with E-state index in [9.17, 15) is 21.6 Å². The maximum Gasteiger partial charge on any atom is 0.417 e. The van der Waals surface area contributed by atoms with Gasteiger partial charge in [-0.3, -0.25) is 0 Å². The highest BCUT2D eigenvalue weighted by molar-refractivity contribution is 9.10. The fourth-order valence-corrected chi connectivity index (χ4v) is 4.51. The minimum atomic E-state index is -4.52. The number of aromatic nitrogens is 2. The van der Waals surface area contributed by atoms with Crippen molar-refractivity contribution in [2.24, 2.45) is 0 Å². The van der Waals surface area contributed by atoms with Crippen LogP contribution in [0.25, 0.3) is 11.3 Å². The van der Waals surface area contributed by atoms with E-state index >= 15 is 0 Å². The minimum absolute atomic E-state index is 0.0377. The standard InChI is InChI=1S/C21H19BrF3N3O2S/c1-4-28(19-10-9-14(12-17(19)22)31(3,29)30)20-26-13(2)11-18(27-20)15-7-5-6-8-16(15)21(23,24)25/h5-12H,4H2,1-3H3. The summed E-state index contributed by atoms with van der Waals surface area (Å²) in [5, 5.41) is 0. The Balaban J connectivity index is 2.14. The summed E-state index contributed by atoms with van der Waals surface area (Å²) in [5.74, 6) is 0.210. The Morgan fingerprint density at radius 1 is 1.06 bits per heavy atom. The molecule has 31 heavy (non-hydrogen) atoms. The van der Waals surface area contributed by atoms with E-state index in [1.807, 2.05) is 6.92 Å². The second kappa shape index (κ2) is 8.58. The zero-order valence-corrected chi connectivity index (χ0v) is 19.3. The molecule has 164 valence electrons. The average molecular weight is 514 g/mol. The molecule has 0 atom stereocenters. The van der Waals surface area contributed by atoms with Crippen LogP contribution in [0.2, 0.25) is 0 Å². The third-order valence-electron chi connectivity index (χ3n) is 4.55. The summed E-state index contributed by atoms with van der Waals surface area (Å²) in [6, 6.07) is 11.3. The van der Waals surface area contributed by atoms with Crippen LogP contribution in [-0.4, -0.2) is 31.2 Å². The summed E-state index contributed by atoms with van der Waals surface area (Å²) >= 11 is 3.39. The van der Waals surface area contributed by atoms with Crippen LogP contribution in [0.15, 0.2) is 57.9 Å². The van der Waals surface area contributed by atoms with E-state index in [1.54, 1.807) is 17.9 Å². The average Bonchev–Trinajstić information content (AvgIpc) is 2.68. The Kier molecular flexibility index (Phi) is 6.43. The van der Waals surface area contributed by atoms with Crippen molar-refractivity contribution in [3.8, 4) is 11.3 Å². The Hall–Kier alpha value is -2.46. The van der Waals surface area contributed by atoms with Crippen LogP contribution >= 0.6 is 15.9 Å². The molecule has 0 saturated heterocycles. The SMILES string of the molecule is CCN(c1nc(C)cc(-c2ccccc2C(F)(F)F)n1)c1ccc(S(C)(=O)=O)cc1Br. The molecule has 3 rings (SSSR count). The Morgan fingerprint density at radius 2 is 1.74 bits per heavy atom. The lowest BCUT2D eigenvalue weighted by molar-refractivity contribution is -0.137. The van der Waals surface area contributed by atoms with Crippen molar-refractivity contribution in [1.82, 2.24) is 9.97 Å². The van der Waals surface area contributed by atoms with Crippen LogP contribution in [0.5, 0.6) is 0 Å². The van der Waals surface area contributed by atoms with Gasteiger partial charge in [-0.05, 0) is 60.1 Å². The lowest BCUT2D eigenvalue weighted by Gasteiger charge is -2.24. The summed E-state index contributed by atoms with van der Waals surface area (Å²) in [6.45, 7) is 3.92. The van der Waals surface area contributed by atoms with Crippen LogP contribution in [-0.2, 0) is 16.0 Å². The molecule has 0 aliphatic heterocycles. The molecule has 0 amide bonds. The maximum atomic E-state index is 13.5. The second-order valence-electron chi connectivity index (χ2n) is 6.87. The van der Waals surface area contributed by atoms with Gasteiger partial charge in [-0.15, -0.1) is 0 Å². The van der Waals surface area contributed by atoms with Crippen molar-refractivity contribution in [2.45, 2.75) is 24.9 Å². The number of hydrogen-bond donors (Lipinski definition) is 0. The molecule has 2 aromatic carbocycles. The van der Waals surface area contributed by atoms with Gasteiger partial charge in [0.25, 0.3) is 0 Å². The van der Waals surface area contributed by atoms with E-state index in [4.69, 9.17) is 0 Å². The zero-order chi connectivity index (χ0) is 23.0. The normalized spacial score (nSPS) is 12.1. The van der Waals surface area contributed by atoms with Crippen molar-refractivity contribution >= 4 is 37.4 Å². The van der Waals surface area contributed by atoms with Gasteiger partial charge >= 0.3 is 6.18 Å². The summed E-state index contributed by atoms with van der Waals surface area (Å²) in [4.78, 5) is 10.7. The van der Waals surface area contributed by atoms with E-state index in [1.165, 1.54) is 36.4 Å². The fraction of sp³-hybridized carbons (Fsp3) is 0.238. The topological polar surface area (TPSA) is 63.2 Å². The van der Waals surface area contributed by atoms with Crippen LogP contribution in [0, 0.1) is 6.92 Å². The number of aryl methyl sites for hydroxylation is 1. The minimum Gasteiger partial charge on any atom is -0.310 e. The van der Waals surface area contributed by atoms with E-state index in [0.29, 0.717) is 22.4 Å². The third-order valence-corrected chi connectivity index (χ3v) is 6.29. The molecule has 3 aromatic rings. The summed E-state index contributed by atoms with van der Waals surface area (Å²) in [5.41, 5.74) is 0.428. The first-order valence-corrected chi connectivity index (χ1v) is 11.9. The van der Waals surface area contributed by atoms with Crippen LogP contribution in [0.1, 0.15) is 18.2 Å². The van der Waals surface area contributed by atoms with Gasteiger partial charge in [-0.25, -0.2) is 18.4 Å². The van der Waals surface area contributed by atoms with E-state index < -0.39 is 21.6 Å². The van der Waals surface area contributed by atoms with Gasteiger partial charge < -0.3 is 4.90 Å². The number of alkyl halides is 3. The lowest BCUT2D eigenvalue weighted by Crippen LogP contribution is -2.20. The molecule has 0 aliphatic rings. The largest absolute Gasteiger partial charge is 0.417 e. The molecular formula is C21H19BrF3N3O2S. The van der Waals surface area contributed by atoms with Crippen molar-refractivity contribution < 1.29 is 21.6 Å². The van der Waals surface area contributed by atoms with Crippen molar-refractivity contribution in [3.63, 3.8) is 0 Å². The van der Waals surface area contributed by atoms with Crippen LogP contribution in [0.4, 0.5) is 24.8 Å². The molecule has 0 unspecified atom stereocenters. The zero-order valence-electron chi connectivity index (χ0n) is 16.9. The summed E-state index contributed by atoms with van der Waals surface area (Å²) < 4.78 is 64.6. The Morgan fingerprint density at radius 3 is 2.32 bits per heavy atom. The van der Waals surface area contributed by atoms with Crippen LogP contribution in [0.3, 0.4) is 0 Å². The number of hydrogen-bond acceptors (Lipinski definition) is 5. The Labute approximate surface area is 187 Å². The number of nitrogens with zero attached hydrogens (tertiary/aromatic N) is 3. The summed E-state index contributed by atoms with van der Waals surface area (Å²) in [7, 11) is -3.39. The van der Waals surface area contributed by atoms with Gasteiger partial charge in [0.05, 0.1) is 21.8 Å². The van der Waals surface area contributed by atoms with Crippen molar-refractivity contribution in [3.05, 3.63) is 64.3 Å². The monoisotopic (exact) mass is 513 g/mol. The summed E-state index contributed by atoms with van der Waals surface area (Å²) in [6.07, 6.45) is -3.41. The van der Waals surface area contributed by atoms with Gasteiger partial charge in [0, 0.05) is 28.5 Å². The molecule has 0 fully saturated rings. The lowest BCUT2D eigenvalue weighted by atomic mass is 10.0. The fourth-order valence-electron chi connectivity index (χ4n) is 3.12. The van der Waals surface area contributed by atoms with Gasteiger partial charge in [0.2, 0.25) is 5.95 Å². The van der Waals surface area contributed by atoms with Gasteiger partial charge in [0.1, 0.15) is 0 Å². The molecule has 0 aliphatic carbocycles. The molecule has 0 radical (unpaired) electrons. The number of halogens is 4. The highest BCUT2D eigenvalue weighted by Gasteiger charge is 2.34.